The Kier molecular flexibility index (Phi) is 9.47. The van der Waals surface area contributed by atoms with Crippen LogP contribution in [0.5, 0.6) is 11.5 Å². The highest BCUT2D eigenvalue weighted by molar-refractivity contribution is 7.92. The number of esters is 1. The number of hydrogen-bond donors (Lipinski definition) is 1. The third-order valence-corrected chi connectivity index (χ3v) is 8.21. The van der Waals surface area contributed by atoms with Crippen LogP contribution in [0.15, 0.2) is 48.8 Å². The molecule has 1 aromatic heterocycles. The van der Waals surface area contributed by atoms with Gasteiger partial charge in [0.2, 0.25) is 10.0 Å². The number of fused-ring (bicyclic) bond motifs is 1. The molecule has 2 heterocycles. The Hall–Kier alpha value is -3.68. The molecule has 2 aliphatic rings. The maximum atomic E-state index is 13.3. The number of ether oxygens (including phenoxy) is 3. The minimum atomic E-state index is -3.56. The van der Waals surface area contributed by atoms with Crippen LogP contribution < -0.4 is 14.2 Å². The van der Waals surface area contributed by atoms with Crippen molar-refractivity contribution in [1.29, 1.82) is 0 Å². The van der Waals surface area contributed by atoms with Crippen LogP contribution in [0.1, 0.15) is 46.0 Å². The van der Waals surface area contributed by atoms with Crippen molar-refractivity contribution in [2.24, 2.45) is 5.92 Å². The van der Waals surface area contributed by atoms with Gasteiger partial charge in [0.05, 0.1) is 22.9 Å². The quantitative estimate of drug-likeness (QED) is 0.232. The van der Waals surface area contributed by atoms with E-state index in [1.54, 1.807) is 6.07 Å². The van der Waals surface area contributed by atoms with Crippen molar-refractivity contribution < 1.29 is 41.0 Å². The Morgan fingerprint density at radius 1 is 1.11 bits per heavy atom. The molecule has 15 heteroatoms. The molecule has 234 valence electrons. The van der Waals surface area contributed by atoms with Crippen molar-refractivity contribution in [3.05, 3.63) is 81.1 Å². The molecule has 1 fully saturated rings. The first-order valence-corrected chi connectivity index (χ1v) is 16.1. The molecule has 44 heavy (non-hydrogen) atoms. The standard InChI is InChI=1S/C29H27Cl2F2N3O7S/c1-44(39,40)35-19-6-4-18-13-36(28(38)20(18)9-19)14-27(37)42-25(10-21-22(30)11-34-12-23(21)31)17-5-7-24(43-29(32)33)26(8-17)41-15-16-2-3-16/h4-9,11-12,16,25,29,35H,2-3,10,13-15H2,1H3/t25-/m0/s1. The molecule has 0 spiro atoms. The van der Waals surface area contributed by atoms with Crippen LogP contribution in [-0.2, 0) is 32.5 Å². The summed E-state index contributed by atoms with van der Waals surface area (Å²) in [5, 5.41) is 0.454. The molecular weight excluding hydrogens is 643 g/mol. The van der Waals surface area contributed by atoms with Gasteiger partial charge in [-0.15, -0.1) is 0 Å². The molecule has 1 N–H and O–H groups in total. The number of anilines is 1. The lowest BCUT2D eigenvalue weighted by molar-refractivity contribution is -0.150. The van der Waals surface area contributed by atoms with Gasteiger partial charge in [0.25, 0.3) is 5.91 Å². The maximum Gasteiger partial charge on any atom is 0.387 e. The van der Waals surface area contributed by atoms with Gasteiger partial charge in [0.1, 0.15) is 12.6 Å². The molecule has 0 unspecified atom stereocenters. The van der Waals surface area contributed by atoms with Crippen LogP contribution in [0, 0.1) is 5.92 Å². The van der Waals surface area contributed by atoms with E-state index in [9.17, 15) is 26.8 Å². The lowest BCUT2D eigenvalue weighted by Crippen LogP contribution is -2.32. The molecule has 3 aromatic rings. The summed E-state index contributed by atoms with van der Waals surface area (Å²) >= 11 is 12.7. The maximum absolute atomic E-state index is 13.3. The van der Waals surface area contributed by atoms with Crippen molar-refractivity contribution >= 4 is 50.8 Å². The Morgan fingerprint density at radius 2 is 1.84 bits per heavy atom. The van der Waals surface area contributed by atoms with E-state index in [1.165, 1.54) is 47.6 Å². The summed E-state index contributed by atoms with van der Waals surface area (Å²) in [5.74, 6) is -1.03. The largest absolute Gasteiger partial charge is 0.489 e. The van der Waals surface area contributed by atoms with Crippen molar-refractivity contribution in [1.82, 2.24) is 9.88 Å². The molecule has 0 bridgehead atoms. The van der Waals surface area contributed by atoms with Crippen molar-refractivity contribution in [2.45, 2.75) is 38.5 Å². The number of pyridine rings is 1. The van der Waals surface area contributed by atoms with E-state index < -0.39 is 41.2 Å². The predicted octanol–water partition coefficient (Wildman–Crippen LogP) is 5.63. The van der Waals surface area contributed by atoms with Gasteiger partial charge in [-0.05, 0) is 59.7 Å². The number of sulfonamides is 1. The number of aromatic nitrogens is 1. The molecule has 2 aromatic carbocycles. The minimum absolute atomic E-state index is 0.00225. The molecule has 0 saturated heterocycles. The monoisotopic (exact) mass is 669 g/mol. The van der Waals surface area contributed by atoms with Gasteiger partial charge in [-0.25, -0.2) is 8.42 Å². The molecule has 1 amide bonds. The van der Waals surface area contributed by atoms with Crippen LogP contribution >= 0.6 is 23.2 Å². The Balaban J connectivity index is 1.38. The zero-order chi connectivity index (χ0) is 31.6. The molecule has 1 saturated carbocycles. The van der Waals surface area contributed by atoms with Gasteiger partial charge in [-0.3, -0.25) is 19.3 Å². The van der Waals surface area contributed by atoms with Gasteiger partial charge in [0, 0.05) is 36.6 Å². The number of nitrogens with zero attached hydrogens (tertiary/aromatic N) is 2. The second-order valence-corrected chi connectivity index (χ2v) is 13.1. The first kappa shape index (κ1) is 31.7. The number of alkyl halides is 2. The van der Waals surface area contributed by atoms with Crippen molar-refractivity contribution in [3.8, 4) is 11.5 Å². The molecule has 10 nitrogen and oxygen atoms in total. The summed E-state index contributed by atoms with van der Waals surface area (Å²) in [4.78, 5) is 31.6. The first-order valence-electron chi connectivity index (χ1n) is 13.4. The zero-order valence-electron chi connectivity index (χ0n) is 23.3. The van der Waals surface area contributed by atoms with E-state index in [0.29, 0.717) is 29.2 Å². The second kappa shape index (κ2) is 13.1. The lowest BCUT2D eigenvalue weighted by Gasteiger charge is -2.23. The number of nitrogens with one attached hydrogen (secondary N) is 1. The smallest absolute Gasteiger partial charge is 0.387 e. The summed E-state index contributed by atoms with van der Waals surface area (Å²) < 4.78 is 68.0. The fourth-order valence-corrected chi connectivity index (χ4v) is 5.76. The average Bonchev–Trinajstić information content (AvgIpc) is 3.72. The number of benzene rings is 2. The van der Waals surface area contributed by atoms with Gasteiger partial charge >= 0.3 is 12.6 Å². The van der Waals surface area contributed by atoms with Crippen LogP contribution in [0.25, 0.3) is 0 Å². The number of carbonyl (C=O) groups is 2. The van der Waals surface area contributed by atoms with Crippen molar-refractivity contribution in [2.75, 3.05) is 24.1 Å². The first-order chi connectivity index (χ1) is 20.9. The van der Waals surface area contributed by atoms with Gasteiger partial charge in [-0.1, -0.05) is 35.3 Å². The SMILES string of the molecule is CS(=O)(=O)Nc1ccc2c(c1)C(=O)N(CC(=O)O[C@@H](Cc1c(Cl)cncc1Cl)c1ccc(OC(F)F)c(OCC3CC3)c1)C2. The zero-order valence-corrected chi connectivity index (χ0v) is 25.6. The van der Waals surface area contributed by atoms with E-state index in [-0.39, 0.29) is 45.8 Å². The highest BCUT2D eigenvalue weighted by Crippen LogP contribution is 2.38. The van der Waals surface area contributed by atoms with E-state index >= 15 is 0 Å². The molecule has 0 radical (unpaired) electrons. The van der Waals surface area contributed by atoms with E-state index in [4.69, 9.17) is 32.7 Å². The van der Waals surface area contributed by atoms with Crippen molar-refractivity contribution in [3.63, 3.8) is 0 Å². The van der Waals surface area contributed by atoms with Gasteiger partial charge in [-0.2, -0.15) is 8.78 Å². The van der Waals surface area contributed by atoms with E-state index in [1.807, 2.05) is 0 Å². The number of carbonyl (C=O) groups excluding carboxylic acids is 2. The number of amides is 1. The normalized spacial score (nSPS) is 15.2. The second-order valence-electron chi connectivity index (χ2n) is 10.5. The lowest BCUT2D eigenvalue weighted by atomic mass is 10.0. The fourth-order valence-electron chi connectivity index (χ4n) is 4.69. The minimum Gasteiger partial charge on any atom is -0.489 e. The fraction of sp³-hybridized carbons (Fsp3) is 0.345. The molecule has 5 rings (SSSR count). The van der Waals surface area contributed by atoms with Crippen LogP contribution in [0.3, 0.4) is 0 Å². The Morgan fingerprint density at radius 3 is 2.50 bits per heavy atom. The third kappa shape index (κ3) is 8.07. The van der Waals surface area contributed by atoms with E-state index in [0.717, 1.165) is 19.1 Å². The van der Waals surface area contributed by atoms with E-state index in [2.05, 4.69) is 14.4 Å². The molecular formula is C29H27Cl2F2N3O7S. The number of hydrogen-bond acceptors (Lipinski definition) is 8. The number of rotatable bonds is 13. The summed E-state index contributed by atoms with van der Waals surface area (Å²) in [7, 11) is -3.56. The molecule has 1 aliphatic carbocycles. The van der Waals surface area contributed by atoms with Crippen LogP contribution in [-0.4, -0.2) is 56.2 Å². The molecule has 1 aliphatic heterocycles. The molecule has 1 atom stereocenters. The summed E-state index contributed by atoms with van der Waals surface area (Å²) in [5.41, 5.74) is 1.91. The summed E-state index contributed by atoms with van der Waals surface area (Å²) in [6.07, 6.45) is 4.69. The van der Waals surface area contributed by atoms with Gasteiger partial charge < -0.3 is 19.1 Å². The topological polar surface area (TPSA) is 124 Å². The third-order valence-electron chi connectivity index (χ3n) is 6.95. The Bertz CT molecular complexity index is 1670. The average molecular weight is 671 g/mol. The predicted molar refractivity (Wildman–Crippen MR) is 158 cm³/mol. The summed E-state index contributed by atoms with van der Waals surface area (Å²) in [6, 6.07) is 8.78. The van der Waals surface area contributed by atoms with Crippen LogP contribution in [0.4, 0.5) is 14.5 Å². The van der Waals surface area contributed by atoms with Crippen LogP contribution in [0.2, 0.25) is 10.0 Å². The highest BCUT2D eigenvalue weighted by atomic mass is 35.5. The number of halogens is 4. The Labute approximate surface area is 262 Å². The highest BCUT2D eigenvalue weighted by Gasteiger charge is 2.31. The summed E-state index contributed by atoms with van der Waals surface area (Å²) in [6.45, 7) is -3.08. The van der Waals surface area contributed by atoms with Gasteiger partial charge in [0.15, 0.2) is 11.5 Å².